The number of hydrogen-bond donors (Lipinski definition) is 2. The maximum atomic E-state index is 11.0. The standard InChI is InChI=1S/C14H19NO4/c1-3-10(14(16)17)8-15-11-7-13-12(6-9(11)2)18-4-5-19-13/h6-7,10,15H,3-5,8H2,1-2H3,(H,16,17). The number of carbonyl (C=O) groups is 1. The van der Waals surface area contributed by atoms with Gasteiger partial charge in [0.1, 0.15) is 13.2 Å². The van der Waals surface area contributed by atoms with Crippen molar-refractivity contribution in [1.29, 1.82) is 0 Å². The zero-order chi connectivity index (χ0) is 13.8. The Labute approximate surface area is 112 Å². The van der Waals surface area contributed by atoms with Gasteiger partial charge < -0.3 is 19.9 Å². The van der Waals surface area contributed by atoms with Crippen molar-refractivity contribution in [3.63, 3.8) is 0 Å². The van der Waals surface area contributed by atoms with Crippen molar-refractivity contribution < 1.29 is 19.4 Å². The summed E-state index contributed by atoms with van der Waals surface area (Å²) >= 11 is 0. The fourth-order valence-electron chi connectivity index (χ4n) is 2.02. The zero-order valence-electron chi connectivity index (χ0n) is 11.2. The minimum absolute atomic E-state index is 0.382. The van der Waals surface area contributed by atoms with E-state index in [0.717, 1.165) is 17.0 Å². The van der Waals surface area contributed by atoms with Crippen LogP contribution >= 0.6 is 0 Å². The van der Waals surface area contributed by atoms with Gasteiger partial charge >= 0.3 is 5.97 Å². The van der Waals surface area contributed by atoms with E-state index < -0.39 is 5.97 Å². The Morgan fingerprint density at radius 2 is 2.00 bits per heavy atom. The van der Waals surface area contributed by atoms with Crippen molar-refractivity contribution in [3.05, 3.63) is 17.7 Å². The number of carboxylic acid groups (broad SMARTS) is 1. The van der Waals surface area contributed by atoms with Gasteiger partial charge in [0.2, 0.25) is 0 Å². The maximum absolute atomic E-state index is 11.0. The van der Waals surface area contributed by atoms with Gasteiger partial charge in [0, 0.05) is 18.3 Å². The molecule has 5 heteroatoms. The van der Waals surface area contributed by atoms with Crippen LogP contribution in [0, 0.1) is 12.8 Å². The van der Waals surface area contributed by atoms with Gasteiger partial charge in [-0.3, -0.25) is 4.79 Å². The van der Waals surface area contributed by atoms with E-state index >= 15 is 0 Å². The van der Waals surface area contributed by atoms with Gasteiger partial charge in [-0.15, -0.1) is 0 Å². The SMILES string of the molecule is CCC(CNc1cc2c(cc1C)OCCO2)C(=O)O. The molecule has 1 aliphatic heterocycles. The zero-order valence-corrected chi connectivity index (χ0v) is 11.2. The van der Waals surface area contributed by atoms with E-state index in [2.05, 4.69) is 5.32 Å². The Hall–Kier alpha value is -1.91. The van der Waals surface area contributed by atoms with Gasteiger partial charge in [0.25, 0.3) is 0 Å². The number of aryl methyl sites for hydroxylation is 1. The van der Waals surface area contributed by atoms with Crippen LogP contribution in [0.15, 0.2) is 12.1 Å². The van der Waals surface area contributed by atoms with Crippen molar-refractivity contribution >= 4 is 11.7 Å². The highest BCUT2D eigenvalue weighted by atomic mass is 16.6. The van der Waals surface area contributed by atoms with Crippen LogP contribution in [-0.4, -0.2) is 30.8 Å². The van der Waals surface area contributed by atoms with E-state index in [1.807, 2.05) is 26.0 Å². The highest BCUT2D eigenvalue weighted by Crippen LogP contribution is 2.35. The molecule has 1 unspecified atom stereocenters. The molecule has 19 heavy (non-hydrogen) atoms. The number of carboxylic acids is 1. The Morgan fingerprint density at radius 3 is 2.58 bits per heavy atom. The molecule has 0 bridgehead atoms. The quantitative estimate of drug-likeness (QED) is 0.855. The highest BCUT2D eigenvalue weighted by Gasteiger charge is 2.17. The predicted octanol–water partition coefficient (Wildman–Crippen LogP) is 2.29. The molecule has 1 aromatic rings. The summed E-state index contributed by atoms with van der Waals surface area (Å²) in [5.41, 5.74) is 1.91. The van der Waals surface area contributed by atoms with Gasteiger partial charge in [0.15, 0.2) is 11.5 Å². The molecule has 0 spiro atoms. The summed E-state index contributed by atoms with van der Waals surface area (Å²) in [6, 6.07) is 3.79. The first kappa shape index (κ1) is 13.5. The van der Waals surface area contributed by atoms with Crippen LogP contribution in [0.3, 0.4) is 0 Å². The molecule has 0 aliphatic carbocycles. The second-order valence-electron chi connectivity index (χ2n) is 4.64. The third-order valence-electron chi connectivity index (χ3n) is 3.27. The first-order valence-corrected chi connectivity index (χ1v) is 6.48. The molecule has 104 valence electrons. The molecule has 2 rings (SSSR count). The summed E-state index contributed by atoms with van der Waals surface area (Å²) in [4.78, 5) is 11.0. The molecule has 1 heterocycles. The molecule has 2 N–H and O–H groups in total. The molecule has 0 saturated carbocycles. The lowest BCUT2D eigenvalue weighted by molar-refractivity contribution is -0.141. The maximum Gasteiger partial charge on any atom is 0.308 e. The molecule has 5 nitrogen and oxygen atoms in total. The number of anilines is 1. The lowest BCUT2D eigenvalue weighted by Crippen LogP contribution is -2.22. The van der Waals surface area contributed by atoms with Crippen molar-refractivity contribution in [2.24, 2.45) is 5.92 Å². The monoisotopic (exact) mass is 265 g/mol. The summed E-state index contributed by atoms with van der Waals surface area (Å²) in [7, 11) is 0. The predicted molar refractivity (Wildman–Crippen MR) is 72.1 cm³/mol. The largest absolute Gasteiger partial charge is 0.486 e. The van der Waals surface area contributed by atoms with Crippen LogP contribution in [0.5, 0.6) is 11.5 Å². The van der Waals surface area contributed by atoms with Crippen molar-refractivity contribution in [2.45, 2.75) is 20.3 Å². The van der Waals surface area contributed by atoms with E-state index in [0.29, 0.717) is 31.9 Å². The average Bonchev–Trinajstić information content (AvgIpc) is 2.39. The molecule has 0 saturated heterocycles. The number of benzene rings is 1. The molecule has 0 fully saturated rings. The molecule has 1 atom stereocenters. The van der Waals surface area contributed by atoms with Crippen molar-refractivity contribution in [2.75, 3.05) is 25.1 Å². The highest BCUT2D eigenvalue weighted by molar-refractivity contribution is 5.71. The number of rotatable bonds is 5. The second-order valence-corrected chi connectivity index (χ2v) is 4.64. The summed E-state index contributed by atoms with van der Waals surface area (Å²) in [5.74, 6) is 0.306. The van der Waals surface area contributed by atoms with Crippen molar-refractivity contribution in [3.8, 4) is 11.5 Å². The normalized spacial score (nSPS) is 14.8. The fourth-order valence-corrected chi connectivity index (χ4v) is 2.02. The summed E-state index contributed by atoms with van der Waals surface area (Å²) in [6.45, 7) is 5.35. The van der Waals surface area contributed by atoms with Crippen LogP contribution in [0.4, 0.5) is 5.69 Å². The minimum atomic E-state index is -0.773. The molecule has 0 aromatic heterocycles. The van der Waals surface area contributed by atoms with E-state index in [9.17, 15) is 4.79 Å². The van der Waals surface area contributed by atoms with Crippen LogP contribution in [0.1, 0.15) is 18.9 Å². The fraction of sp³-hybridized carbons (Fsp3) is 0.500. The number of hydrogen-bond acceptors (Lipinski definition) is 4. The van der Waals surface area contributed by atoms with Gasteiger partial charge in [-0.25, -0.2) is 0 Å². The van der Waals surface area contributed by atoms with Gasteiger partial charge in [-0.2, -0.15) is 0 Å². The van der Waals surface area contributed by atoms with Gasteiger partial charge in [0.05, 0.1) is 5.92 Å². The molecule has 0 amide bonds. The van der Waals surface area contributed by atoms with E-state index in [1.54, 1.807) is 0 Å². The molecule has 1 aliphatic rings. The second kappa shape index (κ2) is 5.82. The molecular formula is C14H19NO4. The first-order valence-electron chi connectivity index (χ1n) is 6.48. The number of nitrogens with one attached hydrogen (secondary N) is 1. The van der Waals surface area contributed by atoms with Crippen LogP contribution in [0.2, 0.25) is 0 Å². The third-order valence-corrected chi connectivity index (χ3v) is 3.27. The summed E-state index contributed by atoms with van der Waals surface area (Å²) in [6.07, 6.45) is 0.603. The lowest BCUT2D eigenvalue weighted by Gasteiger charge is -2.21. The van der Waals surface area contributed by atoms with Crippen LogP contribution in [0.25, 0.3) is 0 Å². The summed E-state index contributed by atoms with van der Waals surface area (Å²) < 4.78 is 11.0. The molecule has 0 radical (unpaired) electrons. The van der Waals surface area contributed by atoms with Crippen LogP contribution in [-0.2, 0) is 4.79 Å². The lowest BCUT2D eigenvalue weighted by atomic mass is 10.1. The first-order chi connectivity index (χ1) is 9.11. The Morgan fingerprint density at radius 1 is 1.37 bits per heavy atom. The number of ether oxygens (including phenoxy) is 2. The molecule has 1 aromatic carbocycles. The Kier molecular flexibility index (Phi) is 4.14. The van der Waals surface area contributed by atoms with Crippen molar-refractivity contribution in [1.82, 2.24) is 0 Å². The van der Waals surface area contributed by atoms with E-state index in [1.165, 1.54) is 0 Å². The van der Waals surface area contributed by atoms with E-state index in [-0.39, 0.29) is 5.92 Å². The Balaban J connectivity index is 2.10. The average molecular weight is 265 g/mol. The smallest absolute Gasteiger partial charge is 0.308 e. The third kappa shape index (κ3) is 3.10. The van der Waals surface area contributed by atoms with Crippen LogP contribution < -0.4 is 14.8 Å². The molecular weight excluding hydrogens is 246 g/mol. The summed E-state index contributed by atoms with van der Waals surface area (Å²) in [5, 5.41) is 12.2. The van der Waals surface area contributed by atoms with Gasteiger partial charge in [-0.05, 0) is 25.0 Å². The topological polar surface area (TPSA) is 67.8 Å². The van der Waals surface area contributed by atoms with E-state index in [4.69, 9.17) is 14.6 Å². The number of fused-ring (bicyclic) bond motifs is 1. The van der Waals surface area contributed by atoms with Gasteiger partial charge in [-0.1, -0.05) is 6.92 Å². The minimum Gasteiger partial charge on any atom is -0.486 e. The Bertz CT molecular complexity index is 473. The number of aliphatic carboxylic acids is 1.